The second kappa shape index (κ2) is 12.0. The van der Waals surface area contributed by atoms with Crippen molar-refractivity contribution < 1.29 is 45.0 Å². The Morgan fingerprint density at radius 1 is 1.22 bits per heavy atom. The average molecular weight is 628 g/mol. The van der Waals surface area contributed by atoms with Crippen LogP contribution in [0.3, 0.4) is 0 Å². The van der Waals surface area contributed by atoms with Crippen LogP contribution in [0.25, 0.3) is 0 Å². The highest BCUT2D eigenvalue weighted by atomic mass is 79.9. The van der Waals surface area contributed by atoms with Crippen molar-refractivity contribution in [3.63, 3.8) is 0 Å². The summed E-state index contributed by atoms with van der Waals surface area (Å²) in [7, 11) is 0. The van der Waals surface area contributed by atoms with Crippen molar-refractivity contribution in [1.29, 1.82) is 0 Å². The second-order valence-electron chi connectivity index (χ2n) is 9.21. The predicted octanol–water partition coefficient (Wildman–Crippen LogP) is 2.16. The number of alkyl halides is 2. The monoisotopic (exact) mass is 626 g/mol. The molecule has 0 unspecified atom stereocenters. The number of benzene rings is 2. The van der Waals surface area contributed by atoms with Crippen LogP contribution < -0.4 is 21.5 Å². The van der Waals surface area contributed by atoms with E-state index in [0.717, 1.165) is 16.8 Å². The lowest BCUT2D eigenvalue weighted by Crippen LogP contribution is -3.00. The molecule has 3 aromatic rings. The molecule has 1 saturated carbocycles. The summed E-state index contributed by atoms with van der Waals surface area (Å²) >= 11 is 3.45. The molecule has 2 atom stereocenters. The maximum Gasteiger partial charge on any atom is 0.343 e. The lowest BCUT2D eigenvalue weighted by atomic mass is 9.80. The first-order chi connectivity index (χ1) is 16.7. The summed E-state index contributed by atoms with van der Waals surface area (Å²) in [6.07, 6.45) is 3.72. The summed E-state index contributed by atoms with van der Waals surface area (Å²) < 4.78 is 38.6. The Hall–Kier alpha value is -2.10. The zero-order chi connectivity index (χ0) is 25.1. The van der Waals surface area contributed by atoms with Crippen molar-refractivity contribution in [3.8, 4) is 0 Å². The molecule has 5 nitrogen and oxygen atoms in total. The lowest BCUT2D eigenvalue weighted by molar-refractivity contribution is -0.694. The van der Waals surface area contributed by atoms with Crippen LogP contribution >= 0.6 is 15.9 Å². The molecular formula is C27H30Br2F2N2O3. The smallest absolute Gasteiger partial charge is 0.343 e. The van der Waals surface area contributed by atoms with Gasteiger partial charge < -0.3 is 26.8 Å². The van der Waals surface area contributed by atoms with E-state index in [0.29, 0.717) is 18.5 Å². The minimum absolute atomic E-state index is 0. The molecule has 4 rings (SSSR count). The van der Waals surface area contributed by atoms with Crippen LogP contribution in [-0.4, -0.2) is 28.2 Å². The molecule has 0 amide bonds. The molecule has 1 aliphatic rings. The van der Waals surface area contributed by atoms with Gasteiger partial charge in [-0.3, -0.25) is 0 Å². The number of imidazole rings is 1. The SMILES string of the molecule is Cc1n(CCCOC(=O)[C@](O)(c2ccccc2)[C@H]2CCC(F)(F)C2)cc[n+]1Cc1ccc(Br)cc1.[Br-]. The number of halogens is 4. The van der Waals surface area contributed by atoms with E-state index in [4.69, 9.17) is 4.74 Å². The molecule has 0 spiro atoms. The molecule has 0 bridgehead atoms. The van der Waals surface area contributed by atoms with E-state index >= 15 is 0 Å². The van der Waals surface area contributed by atoms with Crippen LogP contribution in [0.4, 0.5) is 8.78 Å². The summed E-state index contributed by atoms with van der Waals surface area (Å²) in [5.74, 6) is -3.57. The predicted molar refractivity (Wildman–Crippen MR) is 131 cm³/mol. The first kappa shape index (κ1) is 28.5. The number of aryl methyl sites for hydroxylation is 1. The molecule has 194 valence electrons. The molecule has 0 aliphatic heterocycles. The van der Waals surface area contributed by atoms with E-state index in [2.05, 4.69) is 37.2 Å². The third-order valence-corrected chi connectivity index (χ3v) is 7.35. The van der Waals surface area contributed by atoms with E-state index in [-0.39, 0.29) is 36.4 Å². The first-order valence-corrected chi connectivity index (χ1v) is 12.6. The zero-order valence-corrected chi connectivity index (χ0v) is 23.2. The number of aromatic nitrogens is 2. The second-order valence-corrected chi connectivity index (χ2v) is 10.1. The van der Waals surface area contributed by atoms with Crippen molar-refractivity contribution in [2.24, 2.45) is 5.92 Å². The number of rotatable bonds is 9. The molecule has 9 heteroatoms. The molecule has 1 aromatic heterocycles. The van der Waals surface area contributed by atoms with Crippen molar-refractivity contribution >= 4 is 21.9 Å². The summed E-state index contributed by atoms with van der Waals surface area (Å²) in [6, 6.07) is 16.5. The van der Waals surface area contributed by atoms with Crippen LogP contribution in [0, 0.1) is 12.8 Å². The number of ether oxygens (including phenoxy) is 1. The molecular weight excluding hydrogens is 598 g/mol. The number of carbonyl (C=O) groups is 1. The quantitative estimate of drug-likeness (QED) is 0.225. The molecule has 1 fully saturated rings. The van der Waals surface area contributed by atoms with Gasteiger partial charge in [0, 0.05) is 36.6 Å². The minimum atomic E-state index is -2.88. The Morgan fingerprint density at radius 3 is 2.56 bits per heavy atom. The van der Waals surface area contributed by atoms with Crippen molar-refractivity contribution in [2.75, 3.05) is 6.61 Å². The summed E-state index contributed by atoms with van der Waals surface area (Å²) in [6.45, 7) is 3.48. The van der Waals surface area contributed by atoms with Crippen molar-refractivity contribution in [2.45, 2.75) is 57.2 Å². The van der Waals surface area contributed by atoms with Gasteiger partial charge >= 0.3 is 5.97 Å². The number of carbonyl (C=O) groups excluding carboxylic acids is 1. The largest absolute Gasteiger partial charge is 1.00 e. The van der Waals surface area contributed by atoms with Gasteiger partial charge in [0.15, 0.2) is 5.60 Å². The standard InChI is InChI=1S/C27H30BrF2N2O3.BrH/c1-20-31(15-16-32(20)19-21-8-10-24(28)11-9-21)14-5-17-35-25(33)27(34,22-6-3-2-4-7-22)23-12-13-26(29,30)18-23;/h2-4,6-11,15-16,23,34H,5,12-14,17-19H2,1H3;1H/q+1;/p-1/t23-,27-;/m0./s1. The fraction of sp³-hybridized carbons (Fsp3) is 0.407. The van der Waals surface area contributed by atoms with Crippen LogP contribution in [0.5, 0.6) is 0 Å². The number of esters is 1. The van der Waals surface area contributed by atoms with Gasteiger partial charge in [0.2, 0.25) is 5.92 Å². The highest BCUT2D eigenvalue weighted by Gasteiger charge is 2.54. The van der Waals surface area contributed by atoms with Crippen LogP contribution in [0.15, 0.2) is 71.5 Å². The molecule has 36 heavy (non-hydrogen) atoms. The Balaban J connectivity index is 0.00000361. The van der Waals surface area contributed by atoms with Crippen LogP contribution in [0.2, 0.25) is 0 Å². The van der Waals surface area contributed by atoms with E-state index in [1.165, 1.54) is 5.56 Å². The maximum absolute atomic E-state index is 13.9. The van der Waals surface area contributed by atoms with Crippen LogP contribution in [-0.2, 0) is 28.2 Å². The van der Waals surface area contributed by atoms with E-state index in [1.54, 1.807) is 30.3 Å². The topological polar surface area (TPSA) is 55.3 Å². The lowest BCUT2D eigenvalue weighted by Gasteiger charge is -2.32. The molecule has 0 radical (unpaired) electrons. The van der Waals surface area contributed by atoms with Gasteiger partial charge in [-0.25, -0.2) is 22.7 Å². The summed E-state index contributed by atoms with van der Waals surface area (Å²) in [5.41, 5.74) is -0.605. The van der Waals surface area contributed by atoms with Gasteiger partial charge in [0.25, 0.3) is 5.82 Å². The van der Waals surface area contributed by atoms with E-state index in [9.17, 15) is 18.7 Å². The average Bonchev–Trinajstić information content (AvgIpc) is 3.39. The Bertz CT molecular complexity index is 1160. The highest BCUT2D eigenvalue weighted by Crippen LogP contribution is 2.47. The number of hydrogen-bond acceptors (Lipinski definition) is 3. The highest BCUT2D eigenvalue weighted by molar-refractivity contribution is 9.10. The molecule has 2 aromatic carbocycles. The fourth-order valence-corrected chi connectivity index (χ4v) is 5.02. The summed E-state index contributed by atoms with van der Waals surface area (Å²) in [4.78, 5) is 13.0. The van der Waals surface area contributed by atoms with Crippen molar-refractivity contribution in [3.05, 3.63) is 88.4 Å². The van der Waals surface area contributed by atoms with Gasteiger partial charge in [0.05, 0.1) is 13.2 Å². The van der Waals surface area contributed by atoms with Gasteiger partial charge in [0.1, 0.15) is 18.9 Å². The minimum Gasteiger partial charge on any atom is -1.00 e. The molecule has 1 heterocycles. The van der Waals surface area contributed by atoms with Gasteiger partial charge in [-0.2, -0.15) is 0 Å². The summed E-state index contributed by atoms with van der Waals surface area (Å²) in [5, 5.41) is 11.4. The number of nitrogens with zero attached hydrogens (tertiary/aromatic N) is 2. The third kappa shape index (κ3) is 6.42. The van der Waals surface area contributed by atoms with Gasteiger partial charge in [-0.15, -0.1) is 0 Å². The van der Waals surface area contributed by atoms with E-state index < -0.39 is 29.8 Å². The Kier molecular flexibility index (Phi) is 9.46. The van der Waals surface area contributed by atoms with Crippen LogP contribution in [0.1, 0.15) is 42.6 Å². The Labute approximate surface area is 229 Å². The van der Waals surface area contributed by atoms with Crippen molar-refractivity contribution in [1.82, 2.24) is 4.57 Å². The Morgan fingerprint density at radius 2 is 1.92 bits per heavy atom. The normalized spacial score (nSPS) is 18.3. The first-order valence-electron chi connectivity index (χ1n) is 11.8. The third-order valence-electron chi connectivity index (χ3n) is 6.82. The molecule has 0 saturated heterocycles. The van der Waals surface area contributed by atoms with Gasteiger partial charge in [-0.05, 0) is 29.7 Å². The zero-order valence-electron chi connectivity index (χ0n) is 20.0. The van der Waals surface area contributed by atoms with E-state index in [1.807, 2.05) is 31.5 Å². The molecule has 1 aliphatic carbocycles. The maximum atomic E-state index is 13.9. The number of hydrogen-bond donors (Lipinski definition) is 1. The van der Waals surface area contributed by atoms with Gasteiger partial charge in [-0.1, -0.05) is 58.4 Å². The number of aliphatic hydroxyl groups is 1. The molecule has 1 N–H and O–H groups in total. The fourth-order valence-electron chi connectivity index (χ4n) is 4.76.